The third-order valence-electron chi connectivity index (χ3n) is 7.49. The van der Waals surface area contributed by atoms with Crippen LogP contribution in [0, 0.1) is 13.0 Å². The third kappa shape index (κ3) is 5.15. The molecule has 6 heteroatoms. The number of phenols is 1. The van der Waals surface area contributed by atoms with Gasteiger partial charge in [-0.25, -0.2) is 0 Å². The second-order valence-electron chi connectivity index (χ2n) is 10.9. The van der Waals surface area contributed by atoms with Crippen molar-refractivity contribution in [3.05, 3.63) is 114 Å². The molecule has 5 nitrogen and oxygen atoms in total. The first-order valence-electron chi connectivity index (χ1n) is 13.8. The first kappa shape index (κ1) is 28.6. The van der Waals surface area contributed by atoms with E-state index in [0.29, 0.717) is 23.2 Å². The minimum Gasteiger partial charge on any atom is -0.507 e. The number of aromatic hydroxyl groups is 1. The molecule has 41 heavy (non-hydrogen) atoms. The van der Waals surface area contributed by atoms with Crippen molar-refractivity contribution in [1.82, 2.24) is 19.3 Å². The van der Waals surface area contributed by atoms with E-state index >= 15 is 0 Å². The van der Waals surface area contributed by atoms with Gasteiger partial charge in [-0.15, -0.1) is 29.8 Å². The van der Waals surface area contributed by atoms with Gasteiger partial charge in [-0.1, -0.05) is 76.2 Å². The van der Waals surface area contributed by atoms with E-state index in [9.17, 15) is 5.11 Å². The molecule has 1 N–H and O–H groups in total. The van der Waals surface area contributed by atoms with Crippen molar-refractivity contribution in [3.63, 3.8) is 0 Å². The largest absolute Gasteiger partial charge is 0.507 e. The van der Waals surface area contributed by atoms with Crippen molar-refractivity contribution >= 4 is 10.9 Å². The average molecular weight is 721 g/mol. The van der Waals surface area contributed by atoms with Gasteiger partial charge < -0.3 is 9.67 Å². The molecule has 0 saturated carbocycles. The van der Waals surface area contributed by atoms with Crippen LogP contribution >= 0.6 is 0 Å². The molecule has 0 spiro atoms. The summed E-state index contributed by atoms with van der Waals surface area (Å²) in [5, 5.41) is 16.8. The number of aromatic nitrogens is 4. The van der Waals surface area contributed by atoms with Gasteiger partial charge in [0.15, 0.2) is 0 Å². The van der Waals surface area contributed by atoms with Crippen molar-refractivity contribution in [2.45, 2.75) is 46.5 Å². The molecule has 0 unspecified atom stereocenters. The number of benzene rings is 4. The Hall–Kier alpha value is -3.95. The minimum absolute atomic E-state index is 0. The van der Waals surface area contributed by atoms with Crippen LogP contribution in [-0.2, 0) is 21.1 Å². The Kier molecular flexibility index (Phi) is 8.02. The number of fused-ring (bicyclic) bond motifs is 1. The van der Waals surface area contributed by atoms with Crippen LogP contribution in [0.5, 0.6) is 5.75 Å². The zero-order valence-corrected chi connectivity index (χ0v) is 26.1. The van der Waals surface area contributed by atoms with Crippen LogP contribution in [0.4, 0.5) is 0 Å². The fourth-order valence-electron chi connectivity index (χ4n) is 5.46. The number of imidazole rings is 1. The molecule has 0 bridgehead atoms. The van der Waals surface area contributed by atoms with Crippen LogP contribution < -0.4 is 0 Å². The summed E-state index contributed by atoms with van der Waals surface area (Å²) in [5.41, 5.74) is 8.80. The number of nitrogens with zero attached hydrogens (tertiary/aromatic N) is 4. The molecule has 0 aliphatic rings. The van der Waals surface area contributed by atoms with Crippen LogP contribution in [0.3, 0.4) is 0 Å². The van der Waals surface area contributed by atoms with Gasteiger partial charge in [0.25, 0.3) is 0 Å². The Bertz CT molecular complexity index is 1820. The number of phenolic OH excluding ortho intramolecular Hbond substituents is 1. The number of hydrogen-bond donors (Lipinski definition) is 1. The van der Waals surface area contributed by atoms with Crippen LogP contribution in [0.25, 0.3) is 44.9 Å². The summed E-state index contributed by atoms with van der Waals surface area (Å²) in [6.45, 7) is 10.9. The van der Waals surface area contributed by atoms with E-state index in [2.05, 4.69) is 74.9 Å². The second-order valence-corrected chi connectivity index (χ2v) is 10.9. The molecular formula is C35H33N4OPt-. The monoisotopic (exact) mass is 720 g/mol. The van der Waals surface area contributed by atoms with E-state index < -0.39 is 0 Å². The maximum atomic E-state index is 10.9. The molecule has 2 heterocycles. The van der Waals surface area contributed by atoms with Crippen LogP contribution in [0.15, 0.2) is 91.1 Å². The van der Waals surface area contributed by atoms with Crippen molar-refractivity contribution in [2.24, 2.45) is 0 Å². The van der Waals surface area contributed by atoms with Crippen molar-refractivity contribution in [3.8, 4) is 39.8 Å². The van der Waals surface area contributed by atoms with E-state index in [1.807, 2.05) is 60.1 Å². The Morgan fingerprint density at radius 1 is 0.780 bits per heavy atom. The standard InChI is InChI=1S/C35H33N4O.Pt/c1-22(2)27-16-11-17-28(23(3)4)34(27)38-21-31(36-35(38)30-15-7-9-19-33(30)40)25-12-10-13-26(20-25)39-32-18-8-6-14-29(32)24(5)37-39;/h6-19,21-23,40H,1-5H3;/q-1;. The predicted molar refractivity (Wildman–Crippen MR) is 162 cm³/mol. The van der Waals surface area contributed by atoms with Gasteiger partial charge in [-0.3, -0.25) is 9.67 Å². The quantitative estimate of drug-likeness (QED) is 0.176. The van der Waals surface area contributed by atoms with E-state index in [0.717, 1.165) is 39.2 Å². The minimum atomic E-state index is 0. The first-order chi connectivity index (χ1) is 19.3. The molecule has 6 rings (SSSR count). The molecule has 0 saturated heterocycles. The topological polar surface area (TPSA) is 55.9 Å². The molecule has 6 aromatic rings. The average Bonchev–Trinajstić information content (AvgIpc) is 3.55. The summed E-state index contributed by atoms with van der Waals surface area (Å²) >= 11 is 0. The summed E-state index contributed by atoms with van der Waals surface area (Å²) in [6.07, 6.45) is 2.08. The Balaban J connectivity index is 0.00000337. The number of para-hydroxylation sites is 3. The zero-order chi connectivity index (χ0) is 28.0. The Labute approximate surface area is 255 Å². The maximum absolute atomic E-state index is 10.9. The fourth-order valence-corrected chi connectivity index (χ4v) is 5.46. The summed E-state index contributed by atoms with van der Waals surface area (Å²) in [4.78, 5) is 5.13. The van der Waals surface area contributed by atoms with Gasteiger partial charge in [0.1, 0.15) is 11.6 Å². The summed E-state index contributed by atoms with van der Waals surface area (Å²) in [5.74, 6) is 1.51. The van der Waals surface area contributed by atoms with E-state index in [-0.39, 0.29) is 26.8 Å². The van der Waals surface area contributed by atoms with E-state index in [4.69, 9.17) is 10.1 Å². The smallest absolute Gasteiger partial charge is 0.138 e. The molecule has 0 fully saturated rings. The molecular weight excluding hydrogens is 687 g/mol. The zero-order valence-electron chi connectivity index (χ0n) is 23.9. The Morgan fingerprint density at radius 2 is 1.44 bits per heavy atom. The predicted octanol–water partition coefficient (Wildman–Crippen LogP) is 8.60. The number of rotatable bonds is 6. The van der Waals surface area contributed by atoms with Crippen LogP contribution in [0.2, 0.25) is 0 Å². The van der Waals surface area contributed by atoms with Gasteiger partial charge in [-0.2, -0.15) is 5.10 Å². The van der Waals surface area contributed by atoms with Crippen molar-refractivity contribution in [1.29, 1.82) is 0 Å². The van der Waals surface area contributed by atoms with Crippen molar-refractivity contribution in [2.75, 3.05) is 0 Å². The van der Waals surface area contributed by atoms with Gasteiger partial charge >= 0.3 is 0 Å². The molecule has 2 aromatic heterocycles. The van der Waals surface area contributed by atoms with E-state index in [1.165, 1.54) is 11.1 Å². The van der Waals surface area contributed by atoms with Crippen molar-refractivity contribution < 1.29 is 26.2 Å². The SMILES string of the molecule is Cc1nn(-c2[c-]c(-c3cn(-c4c(C(C)C)cccc4C(C)C)c(-c4ccccc4O)n3)ccc2)c2ccccc12.[Pt]. The maximum Gasteiger partial charge on any atom is 0.138 e. The molecule has 0 radical (unpaired) electrons. The third-order valence-corrected chi connectivity index (χ3v) is 7.49. The summed E-state index contributed by atoms with van der Waals surface area (Å²) in [6, 6.07) is 31.8. The van der Waals surface area contributed by atoms with Crippen LogP contribution in [0.1, 0.15) is 56.4 Å². The van der Waals surface area contributed by atoms with Gasteiger partial charge in [0.2, 0.25) is 0 Å². The molecule has 210 valence electrons. The second kappa shape index (κ2) is 11.5. The molecule has 0 aliphatic carbocycles. The van der Waals surface area contributed by atoms with Gasteiger partial charge in [0, 0.05) is 32.1 Å². The summed E-state index contributed by atoms with van der Waals surface area (Å²) in [7, 11) is 0. The number of hydrogen-bond acceptors (Lipinski definition) is 3. The molecule has 4 aromatic carbocycles. The first-order valence-corrected chi connectivity index (χ1v) is 13.8. The van der Waals surface area contributed by atoms with Crippen LogP contribution in [-0.4, -0.2) is 24.4 Å². The van der Waals surface area contributed by atoms with Gasteiger partial charge in [-0.05, 0) is 60.0 Å². The van der Waals surface area contributed by atoms with Gasteiger partial charge in [0.05, 0.1) is 22.5 Å². The Morgan fingerprint density at radius 3 is 2.15 bits per heavy atom. The van der Waals surface area contributed by atoms with E-state index in [1.54, 1.807) is 6.07 Å². The molecule has 0 amide bonds. The fraction of sp³-hybridized carbons (Fsp3) is 0.200. The number of aryl methyl sites for hydroxylation is 1. The normalized spacial score (nSPS) is 11.4. The molecule has 0 aliphatic heterocycles. The summed E-state index contributed by atoms with van der Waals surface area (Å²) < 4.78 is 4.10. The molecule has 0 atom stereocenters.